The van der Waals surface area contributed by atoms with E-state index in [1.165, 1.54) is 0 Å². The highest BCUT2D eigenvalue weighted by Gasteiger charge is 2.21. The highest BCUT2D eigenvalue weighted by atomic mass is 31.2. The van der Waals surface area contributed by atoms with Gasteiger partial charge in [-0.15, -0.1) is 0 Å². The van der Waals surface area contributed by atoms with Gasteiger partial charge >= 0.3 is 7.60 Å². The molecule has 0 saturated carbocycles. The van der Waals surface area contributed by atoms with Crippen LogP contribution in [0.2, 0.25) is 19.6 Å². The fourth-order valence-electron chi connectivity index (χ4n) is 0.970. The van der Waals surface area contributed by atoms with Crippen LogP contribution in [0.5, 0.6) is 0 Å². The molecule has 0 aliphatic rings. The molecule has 11 heteroatoms. The Hall–Kier alpha value is 0.747. The maximum atomic E-state index is 11.0. The molecular formula is C10H31O7P3Si. The van der Waals surface area contributed by atoms with E-state index in [9.17, 15) is 13.7 Å². The van der Waals surface area contributed by atoms with Crippen LogP contribution in [0.1, 0.15) is 6.92 Å². The molecule has 0 saturated heterocycles. The van der Waals surface area contributed by atoms with Gasteiger partial charge < -0.3 is 18.5 Å². The summed E-state index contributed by atoms with van der Waals surface area (Å²) in [5.74, 6) is 0. The highest BCUT2D eigenvalue weighted by Crippen LogP contribution is 2.40. The first kappa shape index (κ1) is 26.6. The van der Waals surface area contributed by atoms with Gasteiger partial charge in [0.05, 0.1) is 6.61 Å². The Kier molecular flexibility index (Phi) is 13.3. The second-order valence-electron chi connectivity index (χ2n) is 5.96. The summed E-state index contributed by atoms with van der Waals surface area (Å²) in [6.45, 7) is 15.9. The van der Waals surface area contributed by atoms with Gasteiger partial charge in [-0.25, -0.2) is 0 Å². The minimum atomic E-state index is -3.64. The smallest absolute Gasteiger partial charge is 0.322 e. The van der Waals surface area contributed by atoms with Crippen molar-refractivity contribution in [3.8, 4) is 0 Å². The van der Waals surface area contributed by atoms with E-state index in [1.807, 2.05) is 26.6 Å². The molecule has 0 aromatic heterocycles. The molecule has 132 valence electrons. The summed E-state index contributed by atoms with van der Waals surface area (Å²) in [6.07, 6.45) is 0. The van der Waals surface area contributed by atoms with Gasteiger partial charge in [0.1, 0.15) is 0 Å². The van der Waals surface area contributed by atoms with E-state index in [2.05, 4.69) is 0 Å². The molecule has 0 atom stereocenters. The molecule has 0 unspecified atom stereocenters. The first-order valence-electron chi connectivity index (χ1n) is 6.25. The van der Waals surface area contributed by atoms with E-state index < -0.39 is 30.7 Å². The molecule has 0 spiro atoms. The summed E-state index contributed by atoms with van der Waals surface area (Å²) in [5, 5.41) is 0. The summed E-state index contributed by atoms with van der Waals surface area (Å²) < 4.78 is 41.1. The topological polar surface area (TPSA) is 110 Å². The van der Waals surface area contributed by atoms with E-state index in [0.717, 1.165) is 6.66 Å². The maximum absolute atomic E-state index is 11.0. The van der Waals surface area contributed by atoms with E-state index in [1.54, 1.807) is 26.7 Å². The second kappa shape index (κ2) is 10.5. The molecule has 0 amide bonds. The lowest BCUT2D eigenvalue weighted by Gasteiger charge is -2.20. The summed E-state index contributed by atoms with van der Waals surface area (Å²) in [4.78, 5) is 15.3. The molecule has 0 aliphatic heterocycles. The molecule has 0 heterocycles. The Balaban J connectivity index is -0.000000242. The molecular weight excluding hydrogens is 353 g/mol. The van der Waals surface area contributed by atoms with Crippen molar-refractivity contribution in [1.82, 2.24) is 0 Å². The van der Waals surface area contributed by atoms with Crippen LogP contribution in [0, 0.1) is 0 Å². The standard InChI is InChI=1S/C5H15O2PSi.C4H11O2P.CH5O3P/c1-8(2,6)7-9(3,4)5;1-4-6-7(2,3)5;1-5(2,3)4/h1-5H3;4H2,1-3H3;1H3,(H2,2,3,4). The Morgan fingerprint density at radius 3 is 1.14 bits per heavy atom. The Morgan fingerprint density at radius 2 is 1.14 bits per heavy atom. The van der Waals surface area contributed by atoms with Crippen molar-refractivity contribution >= 4 is 30.7 Å². The lowest BCUT2D eigenvalue weighted by molar-refractivity contribution is 0.341. The summed E-state index contributed by atoms with van der Waals surface area (Å²) in [5.41, 5.74) is 0. The first-order valence-corrected chi connectivity index (χ1v) is 16.8. The van der Waals surface area contributed by atoms with Gasteiger partial charge in [-0.1, -0.05) is 0 Å². The monoisotopic (exact) mass is 384 g/mol. The number of hydrogen-bond donors (Lipinski definition) is 2. The largest absolute Gasteiger partial charge is 0.371 e. The van der Waals surface area contributed by atoms with Crippen LogP contribution in [0.15, 0.2) is 0 Å². The van der Waals surface area contributed by atoms with Crippen molar-refractivity contribution in [3.05, 3.63) is 0 Å². The first-order chi connectivity index (χ1) is 8.77. The van der Waals surface area contributed by atoms with Crippen LogP contribution in [0.25, 0.3) is 0 Å². The van der Waals surface area contributed by atoms with Gasteiger partial charge in [0.25, 0.3) is 0 Å². The van der Waals surface area contributed by atoms with Crippen LogP contribution < -0.4 is 0 Å². The van der Waals surface area contributed by atoms with Crippen molar-refractivity contribution in [2.45, 2.75) is 26.6 Å². The minimum absolute atomic E-state index is 0.546. The van der Waals surface area contributed by atoms with Crippen LogP contribution >= 0.6 is 22.3 Å². The van der Waals surface area contributed by atoms with Crippen molar-refractivity contribution in [3.63, 3.8) is 0 Å². The predicted molar refractivity (Wildman–Crippen MR) is 92.9 cm³/mol. The van der Waals surface area contributed by atoms with Gasteiger partial charge in [0, 0.05) is 33.3 Å². The van der Waals surface area contributed by atoms with Gasteiger partial charge in [-0.2, -0.15) is 0 Å². The van der Waals surface area contributed by atoms with E-state index in [0.29, 0.717) is 6.61 Å². The van der Waals surface area contributed by atoms with Crippen LogP contribution in [-0.4, -0.2) is 58.0 Å². The van der Waals surface area contributed by atoms with Crippen molar-refractivity contribution in [1.29, 1.82) is 0 Å². The van der Waals surface area contributed by atoms with E-state index in [4.69, 9.17) is 18.5 Å². The quantitative estimate of drug-likeness (QED) is 0.561. The molecule has 0 bridgehead atoms. The molecule has 7 nitrogen and oxygen atoms in total. The zero-order valence-corrected chi connectivity index (χ0v) is 18.2. The second-order valence-corrected chi connectivity index (χ2v) is 17.9. The minimum Gasteiger partial charge on any atom is -0.371 e. The molecule has 0 aromatic carbocycles. The Bertz CT molecular complexity index is 393. The number of rotatable bonds is 4. The van der Waals surface area contributed by atoms with Crippen molar-refractivity contribution < 1.29 is 32.2 Å². The molecule has 2 N–H and O–H groups in total. The lowest BCUT2D eigenvalue weighted by Crippen LogP contribution is -2.22. The average Bonchev–Trinajstić information content (AvgIpc) is 1.89. The Morgan fingerprint density at radius 1 is 0.857 bits per heavy atom. The van der Waals surface area contributed by atoms with Gasteiger partial charge in [-0.05, 0) is 26.6 Å². The van der Waals surface area contributed by atoms with Crippen molar-refractivity contribution in [2.75, 3.05) is 39.9 Å². The summed E-state index contributed by atoms with van der Waals surface area (Å²) in [7, 11) is -9.59. The summed E-state index contributed by atoms with van der Waals surface area (Å²) >= 11 is 0. The molecule has 21 heavy (non-hydrogen) atoms. The van der Waals surface area contributed by atoms with Crippen molar-refractivity contribution in [2.24, 2.45) is 0 Å². The Labute approximate surface area is 130 Å². The zero-order valence-electron chi connectivity index (χ0n) is 14.5. The average molecular weight is 384 g/mol. The van der Waals surface area contributed by atoms with Crippen LogP contribution in [0.3, 0.4) is 0 Å². The zero-order chi connectivity index (χ0) is 18.1. The highest BCUT2D eigenvalue weighted by molar-refractivity contribution is 7.58. The molecule has 0 radical (unpaired) electrons. The fourth-order valence-corrected chi connectivity index (χ4v) is 6.87. The van der Waals surface area contributed by atoms with E-state index in [-0.39, 0.29) is 0 Å². The molecule has 0 rings (SSSR count). The normalized spacial score (nSPS) is 12.7. The maximum Gasteiger partial charge on any atom is 0.322 e. The number of hydrogen-bond acceptors (Lipinski definition) is 5. The molecule has 0 aromatic rings. The van der Waals surface area contributed by atoms with Crippen LogP contribution in [-0.2, 0) is 22.4 Å². The third kappa shape index (κ3) is 63.1. The molecule has 0 fully saturated rings. The SMILES string of the molecule is CCOP(C)(C)=O.CP(=O)(O)O.C[Si](C)(C)OP(C)(C)=O. The van der Waals surface area contributed by atoms with Gasteiger partial charge in [0.2, 0.25) is 0 Å². The lowest BCUT2D eigenvalue weighted by atomic mass is 10.9. The predicted octanol–water partition coefficient (Wildman–Crippen LogP) is 3.73. The van der Waals surface area contributed by atoms with Crippen LogP contribution in [0.4, 0.5) is 0 Å². The third-order valence-corrected chi connectivity index (χ3v) is 5.76. The molecule has 0 aliphatic carbocycles. The summed E-state index contributed by atoms with van der Waals surface area (Å²) in [6, 6.07) is 0. The fraction of sp³-hybridized carbons (Fsp3) is 1.00. The van der Waals surface area contributed by atoms with Gasteiger partial charge in [-0.3, -0.25) is 13.7 Å². The van der Waals surface area contributed by atoms with Gasteiger partial charge in [0.15, 0.2) is 23.1 Å². The van der Waals surface area contributed by atoms with E-state index >= 15 is 0 Å². The third-order valence-electron chi connectivity index (χ3n) is 0.934.